The van der Waals surface area contributed by atoms with Gasteiger partial charge in [0.15, 0.2) is 0 Å². The fraction of sp³-hybridized carbons (Fsp3) is 0.231. The van der Waals surface area contributed by atoms with Crippen LogP contribution in [0.4, 0.5) is 9.39 Å². The normalized spacial score (nSPS) is 10.8. The van der Waals surface area contributed by atoms with E-state index in [4.69, 9.17) is 5.73 Å². The molecule has 2 aromatic rings. The van der Waals surface area contributed by atoms with Crippen molar-refractivity contribution in [2.75, 3.05) is 5.73 Å². The van der Waals surface area contributed by atoms with Gasteiger partial charge in [0.05, 0.1) is 5.00 Å². The van der Waals surface area contributed by atoms with Crippen LogP contribution in [0.1, 0.15) is 16.0 Å². The molecule has 0 unspecified atom stereocenters. The SMILES string of the molecule is Cc1cc(-c2c(N)sc(C)c2C)ccc1F. The van der Waals surface area contributed by atoms with E-state index in [1.165, 1.54) is 16.5 Å². The molecule has 84 valence electrons. The number of benzene rings is 1. The summed E-state index contributed by atoms with van der Waals surface area (Å²) in [4.78, 5) is 1.22. The first-order chi connectivity index (χ1) is 7.50. The standard InChI is InChI=1S/C13H14FNS/c1-7-6-10(4-5-11(7)14)12-8(2)9(3)16-13(12)15/h4-6H,15H2,1-3H3. The first kappa shape index (κ1) is 11.1. The van der Waals surface area contributed by atoms with E-state index in [1.54, 1.807) is 24.3 Å². The van der Waals surface area contributed by atoms with Crippen LogP contribution < -0.4 is 5.73 Å². The van der Waals surface area contributed by atoms with Crippen molar-refractivity contribution in [3.05, 3.63) is 40.0 Å². The average molecular weight is 235 g/mol. The predicted octanol–water partition coefficient (Wildman–Crippen LogP) is 4.06. The maximum Gasteiger partial charge on any atom is 0.126 e. The lowest BCUT2D eigenvalue weighted by Crippen LogP contribution is -1.88. The number of aryl methyl sites for hydroxylation is 2. The minimum Gasteiger partial charge on any atom is -0.390 e. The first-order valence-electron chi connectivity index (χ1n) is 5.12. The molecule has 0 bridgehead atoms. The van der Waals surface area contributed by atoms with Gasteiger partial charge in [0.25, 0.3) is 0 Å². The van der Waals surface area contributed by atoms with Gasteiger partial charge in [-0.05, 0) is 49.6 Å². The zero-order chi connectivity index (χ0) is 11.9. The summed E-state index contributed by atoms with van der Waals surface area (Å²) in [6, 6.07) is 5.13. The highest BCUT2D eigenvalue weighted by Gasteiger charge is 2.12. The Bertz CT molecular complexity index is 543. The molecule has 0 saturated heterocycles. The molecule has 0 radical (unpaired) electrons. The summed E-state index contributed by atoms with van der Waals surface area (Å²) in [7, 11) is 0. The van der Waals surface area contributed by atoms with E-state index in [1.807, 2.05) is 6.07 Å². The third-order valence-electron chi connectivity index (χ3n) is 2.86. The highest BCUT2D eigenvalue weighted by Crippen LogP contribution is 2.38. The van der Waals surface area contributed by atoms with Crippen LogP contribution in [-0.4, -0.2) is 0 Å². The lowest BCUT2D eigenvalue weighted by molar-refractivity contribution is 0.619. The zero-order valence-electron chi connectivity index (χ0n) is 9.60. The second-order valence-electron chi connectivity index (χ2n) is 3.99. The maximum absolute atomic E-state index is 13.2. The van der Waals surface area contributed by atoms with E-state index >= 15 is 0 Å². The molecule has 0 amide bonds. The minimum atomic E-state index is -0.174. The molecule has 1 aromatic carbocycles. The van der Waals surface area contributed by atoms with Crippen molar-refractivity contribution in [3.8, 4) is 11.1 Å². The predicted molar refractivity (Wildman–Crippen MR) is 68.3 cm³/mol. The Morgan fingerprint density at radius 1 is 1.19 bits per heavy atom. The molecule has 1 aromatic heterocycles. The van der Waals surface area contributed by atoms with Gasteiger partial charge < -0.3 is 5.73 Å². The quantitative estimate of drug-likeness (QED) is 0.792. The number of hydrogen-bond donors (Lipinski definition) is 1. The Morgan fingerprint density at radius 2 is 1.88 bits per heavy atom. The molecule has 0 spiro atoms. The molecule has 0 aliphatic heterocycles. The molecule has 0 aliphatic rings. The third-order valence-corrected chi connectivity index (χ3v) is 3.90. The Hall–Kier alpha value is -1.35. The molecule has 0 atom stereocenters. The summed E-state index contributed by atoms with van der Waals surface area (Å²) in [5.41, 5.74) is 9.87. The number of anilines is 1. The molecule has 2 N–H and O–H groups in total. The summed E-state index contributed by atoms with van der Waals surface area (Å²) in [6.07, 6.45) is 0. The van der Waals surface area contributed by atoms with Crippen molar-refractivity contribution in [2.45, 2.75) is 20.8 Å². The molecule has 1 nitrogen and oxygen atoms in total. The summed E-state index contributed by atoms with van der Waals surface area (Å²) in [5, 5.41) is 0.806. The van der Waals surface area contributed by atoms with Crippen LogP contribution in [0.3, 0.4) is 0 Å². The topological polar surface area (TPSA) is 26.0 Å². The van der Waals surface area contributed by atoms with Gasteiger partial charge in [-0.25, -0.2) is 4.39 Å². The van der Waals surface area contributed by atoms with Crippen LogP contribution in [0.25, 0.3) is 11.1 Å². The van der Waals surface area contributed by atoms with Gasteiger partial charge in [0.1, 0.15) is 5.82 Å². The van der Waals surface area contributed by atoms with Crippen molar-refractivity contribution >= 4 is 16.3 Å². The van der Waals surface area contributed by atoms with Gasteiger partial charge in [-0.3, -0.25) is 0 Å². The maximum atomic E-state index is 13.2. The monoisotopic (exact) mass is 235 g/mol. The zero-order valence-corrected chi connectivity index (χ0v) is 10.4. The van der Waals surface area contributed by atoms with Crippen molar-refractivity contribution in [1.82, 2.24) is 0 Å². The smallest absolute Gasteiger partial charge is 0.126 e. The van der Waals surface area contributed by atoms with Gasteiger partial charge >= 0.3 is 0 Å². The number of halogens is 1. The Morgan fingerprint density at radius 3 is 2.38 bits per heavy atom. The molecule has 0 fully saturated rings. The number of hydrogen-bond acceptors (Lipinski definition) is 2. The molecule has 0 aliphatic carbocycles. The number of rotatable bonds is 1. The molecule has 2 rings (SSSR count). The van der Waals surface area contributed by atoms with Gasteiger partial charge in [0.2, 0.25) is 0 Å². The first-order valence-corrected chi connectivity index (χ1v) is 5.94. The highest BCUT2D eigenvalue weighted by molar-refractivity contribution is 7.16. The largest absolute Gasteiger partial charge is 0.390 e. The summed E-state index contributed by atoms with van der Waals surface area (Å²) >= 11 is 1.58. The molecule has 1 heterocycles. The van der Waals surface area contributed by atoms with E-state index in [9.17, 15) is 4.39 Å². The Kier molecular flexibility index (Phi) is 2.72. The molecule has 0 saturated carbocycles. The van der Waals surface area contributed by atoms with E-state index in [2.05, 4.69) is 13.8 Å². The van der Waals surface area contributed by atoms with Crippen molar-refractivity contribution in [3.63, 3.8) is 0 Å². The van der Waals surface area contributed by atoms with Crippen LogP contribution in [0.2, 0.25) is 0 Å². The second-order valence-corrected chi connectivity index (χ2v) is 5.24. The lowest BCUT2D eigenvalue weighted by atomic mass is 10.0. The van der Waals surface area contributed by atoms with Crippen LogP contribution >= 0.6 is 11.3 Å². The fourth-order valence-corrected chi connectivity index (χ4v) is 2.77. The average Bonchev–Trinajstić information content (AvgIpc) is 2.47. The van der Waals surface area contributed by atoms with E-state index in [0.29, 0.717) is 5.56 Å². The Balaban J connectivity index is 2.63. The van der Waals surface area contributed by atoms with Gasteiger partial charge in [-0.2, -0.15) is 0 Å². The Labute approximate surface area is 98.7 Å². The van der Waals surface area contributed by atoms with Crippen molar-refractivity contribution < 1.29 is 4.39 Å². The summed E-state index contributed by atoms with van der Waals surface area (Å²) in [5.74, 6) is -0.174. The third kappa shape index (κ3) is 1.71. The van der Waals surface area contributed by atoms with Crippen LogP contribution in [0.15, 0.2) is 18.2 Å². The fourth-order valence-electron chi connectivity index (χ4n) is 1.81. The minimum absolute atomic E-state index is 0.174. The molecular weight excluding hydrogens is 221 g/mol. The molecule has 16 heavy (non-hydrogen) atoms. The van der Waals surface area contributed by atoms with Crippen molar-refractivity contribution in [1.29, 1.82) is 0 Å². The lowest BCUT2D eigenvalue weighted by Gasteiger charge is -2.05. The molecular formula is C13H14FNS. The van der Waals surface area contributed by atoms with Gasteiger partial charge in [-0.15, -0.1) is 11.3 Å². The van der Waals surface area contributed by atoms with Crippen LogP contribution in [0.5, 0.6) is 0 Å². The van der Waals surface area contributed by atoms with Crippen LogP contribution in [0, 0.1) is 26.6 Å². The van der Waals surface area contributed by atoms with E-state index < -0.39 is 0 Å². The van der Waals surface area contributed by atoms with Crippen molar-refractivity contribution in [2.24, 2.45) is 0 Å². The van der Waals surface area contributed by atoms with Gasteiger partial charge in [0, 0.05) is 10.4 Å². The van der Waals surface area contributed by atoms with E-state index in [-0.39, 0.29) is 5.82 Å². The number of nitrogens with two attached hydrogens (primary N) is 1. The number of nitrogen functional groups attached to an aromatic ring is 1. The second kappa shape index (κ2) is 3.91. The van der Waals surface area contributed by atoms with Crippen LogP contribution in [-0.2, 0) is 0 Å². The molecule has 3 heteroatoms. The summed E-state index contributed by atoms with van der Waals surface area (Å²) < 4.78 is 13.2. The summed E-state index contributed by atoms with van der Waals surface area (Å²) in [6.45, 7) is 5.87. The number of thiophene rings is 1. The highest BCUT2D eigenvalue weighted by atomic mass is 32.1. The van der Waals surface area contributed by atoms with Gasteiger partial charge in [-0.1, -0.05) is 6.07 Å². The van der Waals surface area contributed by atoms with E-state index in [0.717, 1.165) is 16.1 Å².